The Labute approximate surface area is 127 Å². The van der Waals surface area contributed by atoms with E-state index in [1.54, 1.807) is 12.1 Å². The van der Waals surface area contributed by atoms with Crippen molar-refractivity contribution in [2.24, 2.45) is 11.8 Å². The summed E-state index contributed by atoms with van der Waals surface area (Å²) < 4.78 is 26.4. The van der Waals surface area contributed by atoms with E-state index in [2.05, 4.69) is 30.0 Å². The lowest BCUT2D eigenvalue weighted by molar-refractivity contribution is 0.421. The minimum atomic E-state index is -3.43. The Balaban J connectivity index is 2.10. The van der Waals surface area contributed by atoms with E-state index in [0.717, 1.165) is 19.4 Å². The summed E-state index contributed by atoms with van der Waals surface area (Å²) in [5, 5.41) is 3.32. The third-order valence-electron chi connectivity index (χ3n) is 3.91. The lowest BCUT2D eigenvalue weighted by Gasteiger charge is -2.26. The zero-order valence-electron chi connectivity index (χ0n) is 12.9. The summed E-state index contributed by atoms with van der Waals surface area (Å²) in [6, 6.07) is 7.04. The summed E-state index contributed by atoms with van der Waals surface area (Å²) in [6.45, 7) is 5.20. The highest BCUT2D eigenvalue weighted by molar-refractivity contribution is 7.89. The molecular weight excluding hydrogens is 284 g/mol. The second kappa shape index (κ2) is 6.62. The summed E-state index contributed by atoms with van der Waals surface area (Å²) in [6.07, 6.45) is 4.56. The minimum Gasteiger partial charge on any atom is -0.384 e. The van der Waals surface area contributed by atoms with Gasteiger partial charge in [0.15, 0.2) is 0 Å². The predicted molar refractivity (Wildman–Crippen MR) is 86.8 cm³/mol. The van der Waals surface area contributed by atoms with E-state index in [-0.39, 0.29) is 0 Å². The predicted octanol–water partition coefficient (Wildman–Crippen LogP) is 3.00. The average molecular weight is 308 g/mol. The van der Waals surface area contributed by atoms with Crippen molar-refractivity contribution in [1.82, 2.24) is 4.72 Å². The molecule has 2 atom stereocenters. The number of allylic oxidation sites excluding steroid dienone is 2. The summed E-state index contributed by atoms with van der Waals surface area (Å²) in [5.74, 6) is 1.15. The number of benzene rings is 1. The molecular formula is C16H24N2O2S. The molecule has 0 heterocycles. The van der Waals surface area contributed by atoms with Gasteiger partial charge in [-0.3, -0.25) is 0 Å². The number of para-hydroxylation sites is 1. The van der Waals surface area contributed by atoms with Crippen molar-refractivity contribution in [3.05, 3.63) is 35.9 Å². The number of hydrogen-bond acceptors (Lipinski definition) is 3. The second-order valence-corrected chi connectivity index (χ2v) is 7.74. The Bertz CT molecular complexity index is 623. The van der Waals surface area contributed by atoms with Crippen LogP contribution in [-0.2, 0) is 10.0 Å². The molecule has 0 amide bonds. The van der Waals surface area contributed by atoms with E-state index in [4.69, 9.17) is 0 Å². The van der Waals surface area contributed by atoms with Crippen LogP contribution in [0, 0.1) is 11.8 Å². The number of hydrogen-bond donors (Lipinski definition) is 2. The molecule has 0 spiro atoms. The Morgan fingerprint density at radius 2 is 2.00 bits per heavy atom. The van der Waals surface area contributed by atoms with Crippen molar-refractivity contribution in [2.75, 3.05) is 18.9 Å². The summed E-state index contributed by atoms with van der Waals surface area (Å²) in [5.41, 5.74) is 2.10. The molecule has 0 aliphatic heterocycles. The standard InChI is InChI=1S/C16H24N2O2S/c1-12-8-13(2)10-14(9-12)11-18-15-6-4-5-7-16(15)21(19,20)17-3/h4-8,12,14,17-18H,9-11H2,1-3H3. The molecule has 2 unspecified atom stereocenters. The van der Waals surface area contributed by atoms with Crippen LogP contribution in [0.2, 0.25) is 0 Å². The normalized spacial score (nSPS) is 22.7. The van der Waals surface area contributed by atoms with Gasteiger partial charge in [-0.15, -0.1) is 0 Å². The largest absolute Gasteiger partial charge is 0.384 e. The van der Waals surface area contributed by atoms with Crippen LogP contribution in [0.5, 0.6) is 0 Å². The maximum absolute atomic E-state index is 12.0. The molecule has 4 nitrogen and oxygen atoms in total. The van der Waals surface area contributed by atoms with Gasteiger partial charge in [0.2, 0.25) is 10.0 Å². The first kappa shape index (κ1) is 16.0. The van der Waals surface area contributed by atoms with Gasteiger partial charge in [-0.2, -0.15) is 0 Å². The maximum atomic E-state index is 12.0. The van der Waals surface area contributed by atoms with Crippen molar-refractivity contribution in [3.63, 3.8) is 0 Å². The molecule has 0 saturated carbocycles. The quantitative estimate of drug-likeness (QED) is 0.822. The third kappa shape index (κ3) is 4.08. The first-order valence-electron chi connectivity index (χ1n) is 7.36. The monoisotopic (exact) mass is 308 g/mol. The van der Waals surface area contributed by atoms with E-state index in [1.807, 2.05) is 12.1 Å². The highest BCUT2D eigenvalue weighted by Crippen LogP contribution is 2.29. The summed E-state index contributed by atoms with van der Waals surface area (Å²) in [7, 11) is -1.99. The molecule has 0 radical (unpaired) electrons. The van der Waals surface area contributed by atoms with E-state index >= 15 is 0 Å². The molecule has 1 aliphatic rings. The topological polar surface area (TPSA) is 58.2 Å². The van der Waals surface area contributed by atoms with Gasteiger partial charge in [-0.05, 0) is 50.8 Å². The van der Waals surface area contributed by atoms with Gasteiger partial charge in [-0.25, -0.2) is 13.1 Å². The molecule has 21 heavy (non-hydrogen) atoms. The number of anilines is 1. The maximum Gasteiger partial charge on any atom is 0.242 e. The van der Waals surface area contributed by atoms with Crippen molar-refractivity contribution in [1.29, 1.82) is 0 Å². The first-order valence-corrected chi connectivity index (χ1v) is 8.84. The van der Waals surface area contributed by atoms with Gasteiger partial charge in [-0.1, -0.05) is 30.7 Å². The second-order valence-electron chi connectivity index (χ2n) is 5.88. The lowest BCUT2D eigenvalue weighted by Crippen LogP contribution is -2.23. The van der Waals surface area contributed by atoms with E-state index in [1.165, 1.54) is 12.6 Å². The van der Waals surface area contributed by atoms with Crippen LogP contribution in [0.3, 0.4) is 0 Å². The van der Waals surface area contributed by atoms with Crippen molar-refractivity contribution < 1.29 is 8.42 Å². The number of sulfonamides is 1. The molecule has 1 aromatic rings. The highest BCUT2D eigenvalue weighted by atomic mass is 32.2. The van der Waals surface area contributed by atoms with Gasteiger partial charge in [0, 0.05) is 6.54 Å². The van der Waals surface area contributed by atoms with Gasteiger partial charge < -0.3 is 5.32 Å². The Kier molecular flexibility index (Phi) is 5.06. The molecule has 2 rings (SSSR count). The van der Waals surface area contributed by atoms with Gasteiger partial charge in [0.05, 0.1) is 5.69 Å². The van der Waals surface area contributed by atoms with Gasteiger partial charge >= 0.3 is 0 Å². The summed E-state index contributed by atoms with van der Waals surface area (Å²) in [4.78, 5) is 0.309. The number of nitrogens with one attached hydrogen (secondary N) is 2. The van der Waals surface area contributed by atoms with Crippen LogP contribution >= 0.6 is 0 Å². The average Bonchev–Trinajstić information content (AvgIpc) is 2.44. The molecule has 0 saturated heterocycles. The fourth-order valence-electron chi connectivity index (χ4n) is 3.05. The minimum absolute atomic E-state index is 0.309. The van der Waals surface area contributed by atoms with Crippen LogP contribution in [0.25, 0.3) is 0 Å². The van der Waals surface area contributed by atoms with Crippen molar-refractivity contribution in [3.8, 4) is 0 Å². The van der Waals surface area contributed by atoms with Crippen LogP contribution in [0.4, 0.5) is 5.69 Å². The zero-order valence-corrected chi connectivity index (χ0v) is 13.7. The summed E-state index contributed by atoms with van der Waals surface area (Å²) >= 11 is 0. The number of rotatable bonds is 5. The first-order chi connectivity index (χ1) is 9.92. The van der Waals surface area contributed by atoms with E-state index in [9.17, 15) is 8.42 Å². The Morgan fingerprint density at radius 3 is 2.67 bits per heavy atom. The van der Waals surface area contributed by atoms with Crippen LogP contribution in [0.15, 0.2) is 40.8 Å². The van der Waals surface area contributed by atoms with Crippen LogP contribution in [-0.4, -0.2) is 22.0 Å². The molecule has 2 N–H and O–H groups in total. The van der Waals surface area contributed by atoms with E-state index < -0.39 is 10.0 Å². The fraction of sp³-hybridized carbons (Fsp3) is 0.500. The zero-order chi connectivity index (χ0) is 15.5. The SMILES string of the molecule is CNS(=O)(=O)c1ccccc1NCC1CC(C)=CC(C)C1. The molecule has 1 aliphatic carbocycles. The molecule has 1 aromatic carbocycles. The third-order valence-corrected chi connectivity index (χ3v) is 5.38. The molecule has 5 heteroatoms. The molecule has 0 aromatic heterocycles. The Hall–Kier alpha value is -1.33. The van der Waals surface area contributed by atoms with Gasteiger partial charge in [0.25, 0.3) is 0 Å². The molecule has 116 valence electrons. The van der Waals surface area contributed by atoms with Crippen molar-refractivity contribution in [2.45, 2.75) is 31.6 Å². The molecule has 0 fully saturated rings. The van der Waals surface area contributed by atoms with Crippen LogP contribution in [0.1, 0.15) is 26.7 Å². The van der Waals surface area contributed by atoms with E-state index in [0.29, 0.717) is 22.4 Å². The lowest BCUT2D eigenvalue weighted by atomic mass is 9.84. The Morgan fingerprint density at radius 1 is 1.29 bits per heavy atom. The van der Waals surface area contributed by atoms with Crippen molar-refractivity contribution >= 4 is 15.7 Å². The fourth-order valence-corrected chi connectivity index (χ4v) is 3.96. The highest BCUT2D eigenvalue weighted by Gasteiger charge is 2.20. The van der Waals surface area contributed by atoms with Crippen LogP contribution < -0.4 is 10.0 Å². The van der Waals surface area contributed by atoms with Gasteiger partial charge in [0.1, 0.15) is 4.90 Å². The smallest absolute Gasteiger partial charge is 0.242 e. The molecule has 0 bridgehead atoms.